The molecule has 5 nitrogen and oxygen atoms in total. The predicted molar refractivity (Wildman–Crippen MR) is 98.1 cm³/mol. The van der Waals surface area contributed by atoms with E-state index in [1.807, 2.05) is 31.2 Å². The number of ether oxygens (including phenoxy) is 1. The summed E-state index contributed by atoms with van der Waals surface area (Å²) in [5, 5.41) is 6.02. The summed E-state index contributed by atoms with van der Waals surface area (Å²) in [6.45, 7) is 4.10. The smallest absolute Gasteiger partial charge is 0.340 e. The number of rotatable bonds is 6. The number of carbonyl (C=O) groups is 2. The Morgan fingerprint density at radius 1 is 1.17 bits per heavy atom. The number of thiophene rings is 1. The summed E-state index contributed by atoms with van der Waals surface area (Å²) in [5.74, 6) is -0.445. The number of amides is 2. The van der Waals surface area contributed by atoms with Crippen LogP contribution in [0.5, 0.6) is 0 Å². The van der Waals surface area contributed by atoms with Crippen LogP contribution in [0, 0.1) is 6.92 Å². The van der Waals surface area contributed by atoms with E-state index in [1.165, 1.54) is 18.4 Å². The average Bonchev–Trinajstić information content (AvgIpc) is 2.97. The quantitative estimate of drug-likeness (QED) is 0.736. The van der Waals surface area contributed by atoms with Crippen LogP contribution in [0.2, 0.25) is 0 Å². The zero-order valence-electron chi connectivity index (χ0n) is 14.1. The molecular formula is C18H22N2O3S. The molecule has 2 aromatic rings. The molecule has 0 fully saturated rings. The van der Waals surface area contributed by atoms with E-state index >= 15 is 0 Å². The number of nitrogens with one attached hydrogen (secondary N) is 2. The van der Waals surface area contributed by atoms with Crippen LogP contribution in [0.25, 0.3) is 0 Å². The normalized spacial score (nSPS) is 10.3. The molecule has 0 spiro atoms. The third-order valence-electron chi connectivity index (χ3n) is 3.50. The van der Waals surface area contributed by atoms with Crippen molar-refractivity contribution in [3.8, 4) is 0 Å². The Kier molecular flexibility index (Phi) is 6.37. The number of urea groups is 1. The Balaban J connectivity index is 2.11. The van der Waals surface area contributed by atoms with Gasteiger partial charge in [0.25, 0.3) is 0 Å². The van der Waals surface area contributed by atoms with E-state index in [-0.39, 0.29) is 6.03 Å². The Labute approximate surface area is 146 Å². The number of hydrogen-bond donors (Lipinski definition) is 2. The molecule has 0 aliphatic heterocycles. The van der Waals surface area contributed by atoms with Gasteiger partial charge in [0.2, 0.25) is 0 Å². The first-order chi connectivity index (χ1) is 11.5. The standard InChI is InChI=1S/C18H22N2O3S/c1-4-5-6-14-11-15(17(21)23-3)16(24-14)20-18(22)19-13-9-7-12(2)8-10-13/h7-11H,4-6H2,1-3H3,(H2,19,20,22). The van der Waals surface area contributed by atoms with Crippen molar-refractivity contribution in [1.29, 1.82) is 0 Å². The molecule has 0 saturated heterocycles. The molecular weight excluding hydrogens is 324 g/mol. The third kappa shape index (κ3) is 4.83. The maximum Gasteiger partial charge on any atom is 0.340 e. The highest BCUT2D eigenvalue weighted by Gasteiger charge is 2.18. The van der Waals surface area contributed by atoms with Crippen molar-refractivity contribution in [2.75, 3.05) is 17.7 Å². The first-order valence-electron chi connectivity index (χ1n) is 7.89. The van der Waals surface area contributed by atoms with Gasteiger partial charge in [-0.05, 0) is 38.0 Å². The summed E-state index contributed by atoms with van der Waals surface area (Å²) >= 11 is 1.41. The lowest BCUT2D eigenvalue weighted by atomic mass is 10.2. The highest BCUT2D eigenvalue weighted by Crippen LogP contribution is 2.30. The minimum absolute atomic E-state index is 0.382. The van der Waals surface area contributed by atoms with Crippen molar-refractivity contribution in [2.45, 2.75) is 33.1 Å². The van der Waals surface area contributed by atoms with Crippen LogP contribution in [-0.4, -0.2) is 19.1 Å². The summed E-state index contributed by atoms with van der Waals surface area (Å²) < 4.78 is 4.80. The molecule has 1 aromatic carbocycles. The number of esters is 1. The first kappa shape index (κ1) is 18.0. The van der Waals surface area contributed by atoms with Crippen LogP contribution in [-0.2, 0) is 11.2 Å². The molecule has 0 saturated carbocycles. The average molecular weight is 346 g/mol. The number of hydrogen-bond acceptors (Lipinski definition) is 4. The highest BCUT2D eigenvalue weighted by molar-refractivity contribution is 7.16. The van der Waals surface area contributed by atoms with Gasteiger partial charge < -0.3 is 10.1 Å². The van der Waals surface area contributed by atoms with E-state index < -0.39 is 5.97 Å². The maximum atomic E-state index is 12.2. The molecule has 2 N–H and O–H groups in total. The Morgan fingerprint density at radius 2 is 1.88 bits per heavy atom. The Morgan fingerprint density at radius 3 is 2.50 bits per heavy atom. The molecule has 6 heteroatoms. The van der Waals surface area contributed by atoms with E-state index in [9.17, 15) is 9.59 Å². The summed E-state index contributed by atoms with van der Waals surface area (Å²) in [6, 6.07) is 8.92. The number of carbonyl (C=O) groups excluding carboxylic acids is 2. The molecule has 2 rings (SSSR count). The van der Waals surface area contributed by atoms with E-state index in [0.29, 0.717) is 16.3 Å². The molecule has 1 heterocycles. The first-order valence-corrected chi connectivity index (χ1v) is 8.70. The molecule has 2 amide bonds. The fourth-order valence-corrected chi connectivity index (χ4v) is 3.25. The molecule has 0 aliphatic rings. The minimum Gasteiger partial charge on any atom is -0.465 e. The molecule has 0 atom stereocenters. The zero-order valence-corrected chi connectivity index (χ0v) is 15.0. The van der Waals surface area contributed by atoms with E-state index in [1.54, 1.807) is 6.07 Å². The van der Waals surface area contributed by atoms with Crippen LogP contribution in [0.15, 0.2) is 30.3 Å². The molecule has 24 heavy (non-hydrogen) atoms. The van der Waals surface area contributed by atoms with Gasteiger partial charge in [-0.2, -0.15) is 0 Å². The lowest BCUT2D eigenvalue weighted by Gasteiger charge is -2.07. The second-order valence-electron chi connectivity index (χ2n) is 5.50. The van der Waals surface area contributed by atoms with E-state index in [2.05, 4.69) is 17.6 Å². The van der Waals surface area contributed by atoms with Crippen LogP contribution in [0.1, 0.15) is 40.6 Å². The fraction of sp³-hybridized carbons (Fsp3) is 0.333. The SMILES string of the molecule is CCCCc1cc(C(=O)OC)c(NC(=O)Nc2ccc(C)cc2)s1. The summed E-state index contributed by atoms with van der Waals surface area (Å²) in [4.78, 5) is 25.2. The summed E-state index contributed by atoms with van der Waals surface area (Å²) in [6.07, 6.45) is 2.99. The van der Waals surface area contributed by atoms with Gasteiger partial charge in [-0.3, -0.25) is 5.32 Å². The van der Waals surface area contributed by atoms with Gasteiger partial charge in [-0.15, -0.1) is 11.3 Å². The molecule has 0 unspecified atom stereocenters. The van der Waals surface area contributed by atoms with Crippen molar-refractivity contribution < 1.29 is 14.3 Å². The van der Waals surface area contributed by atoms with Gasteiger partial charge in [0.05, 0.1) is 12.7 Å². The summed E-state index contributed by atoms with van der Waals surface area (Å²) in [5.41, 5.74) is 2.21. The van der Waals surface area contributed by atoms with Crippen molar-refractivity contribution in [3.63, 3.8) is 0 Å². The monoisotopic (exact) mass is 346 g/mol. The topological polar surface area (TPSA) is 67.4 Å². The van der Waals surface area contributed by atoms with Crippen LogP contribution in [0.4, 0.5) is 15.5 Å². The lowest BCUT2D eigenvalue weighted by molar-refractivity contribution is 0.0602. The number of benzene rings is 1. The van der Waals surface area contributed by atoms with Gasteiger partial charge >= 0.3 is 12.0 Å². The van der Waals surface area contributed by atoms with Crippen molar-refractivity contribution in [1.82, 2.24) is 0 Å². The second-order valence-corrected chi connectivity index (χ2v) is 6.63. The van der Waals surface area contributed by atoms with Crippen molar-refractivity contribution >= 4 is 34.0 Å². The number of anilines is 2. The van der Waals surface area contributed by atoms with Gasteiger partial charge in [0.15, 0.2) is 0 Å². The summed E-state index contributed by atoms with van der Waals surface area (Å²) in [7, 11) is 1.34. The van der Waals surface area contributed by atoms with Crippen molar-refractivity contribution in [3.05, 3.63) is 46.3 Å². The molecule has 1 aromatic heterocycles. The number of methoxy groups -OCH3 is 1. The Hall–Kier alpha value is -2.34. The number of unbranched alkanes of at least 4 members (excludes halogenated alkanes) is 1. The van der Waals surface area contributed by atoms with Crippen LogP contribution < -0.4 is 10.6 Å². The van der Waals surface area contributed by atoms with E-state index in [0.717, 1.165) is 29.7 Å². The largest absolute Gasteiger partial charge is 0.465 e. The van der Waals surface area contributed by atoms with Gasteiger partial charge in [-0.25, -0.2) is 9.59 Å². The minimum atomic E-state index is -0.445. The fourth-order valence-electron chi connectivity index (χ4n) is 2.17. The maximum absolute atomic E-state index is 12.2. The van der Waals surface area contributed by atoms with Crippen molar-refractivity contribution in [2.24, 2.45) is 0 Å². The van der Waals surface area contributed by atoms with Crippen LogP contribution in [0.3, 0.4) is 0 Å². The highest BCUT2D eigenvalue weighted by atomic mass is 32.1. The van der Waals surface area contributed by atoms with Gasteiger partial charge in [-0.1, -0.05) is 31.0 Å². The van der Waals surface area contributed by atoms with Gasteiger partial charge in [0.1, 0.15) is 5.00 Å². The molecule has 0 radical (unpaired) electrons. The molecule has 128 valence electrons. The predicted octanol–water partition coefficient (Wildman–Crippen LogP) is 4.83. The molecule has 0 aliphatic carbocycles. The van der Waals surface area contributed by atoms with Gasteiger partial charge in [0, 0.05) is 10.6 Å². The van der Waals surface area contributed by atoms with Crippen LogP contribution >= 0.6 is 11.3 Å². The Bertz CT molecular complexity index is 708. The third-order valence-corrected chi connectivity index (χ3v) is 4.61. The lowest BCUT2D eigenvalue weighted by Crippen LogP contribution is -2.20. The second kappa shape index (κ2) is 8.49. The zero-order chi connectivity index (χ0) is 17.5. The number of aryl methyl sites for hydroxylation is 2. The molecule has 0 bridgehead atoms. The van der Waals surface area contributed by atoms with E-state index in [4.69, 9.17) is 4.74 Å².